The second-order valence-electron chi connectivity index (χ2n) is 7.19. The van der Waals surface area contributed by atoms with Gasteiger partial charge < -0.3 is 19.2 Å². The third-order valence-corrected chi connectivity index (χ3v) is 5.48. The van der Waals surface area contributed by atoms with Crippen molar-refractivity contribution in [3.8, 4) is 23.3 Å². The van der Waals surface area contributed by atoms with Crippen LogP contribution in [0.4, 0.5) is 0 Å². The molecule has 1 heterocycles. The quantitative estimate of drug-likeness (QED) is 0.282. The number of aromatic amines is 1. The number of halogens is 1. The highest BCUT2D eigenvalue weighted by Gasteiger charge is 2.11. The largest absolute Gasteiger partial charge is 0.497 e. The van der Waals surface area contributed by atoms with E-state index in [1.807, 2.05) is 67.6 Å². The smallest absolute Gasteiger partial charge is 0.161 e. The Balaban J connectivity index is 1.60. The van der Waals surface area contributed by atoms with Gasteiger partial charge in [0.25, 0.3) is 0 Å². The fourth-order valence-corrected chi connectivity index (χ4v) is 3.57. The van der Waals surface area contributed by atoms with Crippen LogP contribution in [0.25, 0.3) is 22.7 Å². The number of imidazole rings is 1. The van der Waals surface area contributed by atoms with E-state index >= 15 is 0 Å². The number of benzene rings is 3. The van der Waals surface area contributed by atoms with Crippen LogP contribution in [0, 0.1) is 11.3 Å². The second kappa shape index (κ2) is 10.2. The average molecular weight is 504 g/mol. The number of nitriles is 1. The molecule has 0 spiro atoms. The van der Waals surface area contributed by atoms with Crippen molar-refractivity contribution >= 4 is 38.6 Å². The number of aromatic nitrogens is 2. The Kier molecular flexibility index (Phi) is 6.96. The van der Waals surface area contributed by atoms with Crippen LogP contribution in [-0.2, 0) is 6.61 Å². The van der Waals surface area contributed by atoms with Crippen molar-refractivity contribution in [3.05, 3.63) is 82.1 Å². The van der Waals surface area contributed by atoms with Gasteiger partial charge in [0, 0.05) is 10.5 Å². The van der Waals surface area contributed by atoms with E-state index in [4.69, 9.17) is 14.2 Å². The van der Waals surface area contributed by atoms with Crippen LogP contribution in [0.1, 0.15) is 23.9 Å². The van der Waals surface area contributed by atoms with E-state index in [2.05, 4.69) is 32.0 Å². The minimum Gasteiger partial charge on any atom is -0.497 e. The van der Waals surface area contributed by atoms with Crippen LogP contribution in [0.15, 0.2) is 65.1 Å². The lowest BCUT2D eigenvalue weighted by atomic mass is 10.1. The summed E-state index contributed by atoms with van der Waals surface area (Å²) in [6.07, 6.45) is 1.77. The summed E-state index contributed by atoms with van der Waals surface area (Å²) in [5, 5.41) is 9.76. The summed E-state index contributed by atoms with van der Waals surface area (Å²) in [6.45, 7) is 2.84. The van der Waals surface area contributed by atoms with Crippen molar-refractivity contribution in [3.63, 3.8) is 0 Å². The summed E-state index contributed by atoms with van der Waals surface area (Å²) in [5.41, 5.74) is 3.84. The van der Waals surface area contributed by atoms with Crippen LogP contribution in [0.5, 0.6) is 17.2 Å². The Labute approximate surface area is 200 Å². The average Bonchev–Trinajstić information content (AvgIpc) is 3.26. The standard InChI is InChI=1S/C26H22BrN3O3/c1-3-32-25-13-18(6-11-24(25)33-16-17-4-7-20(27)8-5-17)12-19(15-28)26-29-22-10-9-21(31-2)14-23(22)30-26/h4-14H,3,16H2,1-2H3,(H,29,30)/b19-12-. The minimum absolute atomic E-state index is 0.413. The third-order valence-electron chi connectivity index (χ3n) is 4.95. The zero-order chi connectivity index (χ0) is 23.2. The summed E-state index contributed by atoms with van der Waals surface area (Å²) in [5.74, 6) is 2.48. The summed E-state index contributed by atoms with van der Waals surface area (Å²) < 4.78 is 18.1. The maximum Gasteiger partial charge on any atom is 0.161 e. The van der Waals surface area contributed by atoms with Gasteiger partial charge in [0.05, 0.1) is 30.3 Å². The Morgan fingerprint density at radius 2 is 1.88 bits per heavy atom. The fourth-order valence-electron chi connectivity index (χ4n) is 3.31. The van der Waals surface area contributed by atoms with E-state index in [9.17, 15) is 5.26 Å². The van der Waals surface area contributed by atoms with Crippen LogP contribution >= 0.6 is 15.9 Å². The molecule has 0 aliphatic carbocycles. The first-order valence-electron chi connectivity index (χ1n) is 10.4. The fraction of sp³-hybridized carbons (Fsp3) is 0.154. The molecule has 7 heteroatoms. The molecular formula is C26H22BrN3O3. The molecule has 1 N–H and O–H groups in total. The number of fused-ring (bicyclic) bond motifs is 1. The SMILES string of the molecule is CCOc1cc(/C=C(/C#N)c2nc3ccc(OC)cc3[nH]2)ccc1OCc1ccc(Br)cc1. The van der Waals surface area contributed by atoms with Gasteiger partial charge in [0.15, 0.2) is 11.5 Å². The summed E-state index contributed by atoms with van der Waals surface area (Å²) in [7, 11) is 1.61. The normalized spacial score (nSPS) is 11.3. The predicted molar refractivity (Wildman–Crippen MR) is 132 cm³/mol. The lowest BCUT2D eigenvalue weighted by Crippen LogP contribution is -2.00. The maximum atomic E-state index is 9.76. The topological polar surface area (TPSA) is 80.2 Å². The molecule has 33 heavy (non-hydrogen) atoms. The number of nitrogens with one attached hydrogen (secondary N) is 1. The van der Waals surface area contributed by atoms with Gasteiger partial charge in [-0.3, -0.25) is 0 Å². The molecule has 6 nitrogen and oxygen atoms in total. The molecule has 166 valence electrons. The first-order valence-corrected chi connectivity index (χ1v) is 11.2. The van der Waals surface area contributed by atoms with Crippen molar-refractivity contribution in [2.24, 2.45) is 0 Å². The Hall–Kier alpha value is -3.76. The molecule has 0 radical (unpaired) electrons. The number of hydrogen-bond donors (Lipinski definition) is 1. The number of hydrogen-bond acceptors (Lipinski definition) is 5. The zero-order valence-electron chi connectivity index (χ0n) is 18.3. The number of nitrogens with zero attached hydrogens (tertiary/aromatic N) is 2. The molecule has 0 saturated carbocycles. The van der Waals surface area contributed by atoms with E-state index in [0.29, 0.717) is 36.1 Å². The molecular weight excluding hydrogens is 482 g/mol. The molecule has 0 aliphatic heterocycles. The third kappa shape index (κ3) is 5.36. The Bertz CT molecular complexity index is 1340. The van der Waals surface area contributed by atoms with Gasteiger partial charge in [-0.05, 0) is 60.5 Å². The number of allylic oxidation sites excluding steroid dienone is 1. The van der Waals surface area contributed by atoms with E-state index < -0.39 is 0 Å². The highest BCUT2D eigenvalue weighted by molar-refractivity contribution is 9.10. The van der Waals surface area contributed by atoms with Crippen LogP contribution in [-0.4, -0.2) is 23.7 Å². The summed E-state index contributed by atoms with van der Waals surface area (Å²) in [6, 6.07) is 21.4. The maximum absolute atomic E-state index is 9.76. The van der Waals surface area contributed by atoms with Gasteiger partial charge in [0.2, 0.25) is 0 Å². The van der Waals surface area contributed by atoms with Crippen LogP contribution in [0.3, 0.4) is 0 Å². The van der Waals surface area contributed by atoms with Crippen LogP contribution in [0.2, 0.25) is 0 Å². The number of H-pyrrole nitrogens is 1. The number of ether oxygens (including phenoxy) is 3. The lowest BCUT2D eigenvalue weighted by Gasteiger charge is -2.13. The number of methoxy groups -OCH3 is 1. The molecule has 4 aromatic rings. The molecule has 4 rings (SSSR count). The van der Waals surface area contributed by atoms with E-state index in [1.165, 1.54) is 0 Å². The van der Waals surface area contributed by atoms with Gasteiger partial charge in [-0.25, -0.2) is 4.98 Å². The van der Waals surface area contributed by atoms with Gasteiger partial charge >= 0.3 is 0 Å². The van der Waals surface area contributed by atoms with Crippen molar-refractivity contribution in [1.82, 2.24) is 9.97 Å². The van der Waals surface area contributed by atoms with Gasteiger partial charge in [0.1, 0.15) is 24.3 Å². The van der Waals surface area contributed by atoms with Gasteiger partial charge in [-0.1, -0.05) is 34.1 Å². The lowest BCUT2D eigenvalue weighted by molar-refractivity contribution is 0.269. The minimum atomic E-state index is 0.413. The van der Waals surface area contributed by atoms with E-state index in [-0.39, 0.29) is 0 Å². The monoisotopic (exact) mass is 503 g/mol. The zero-order valence-corrected chi connectivity index (χ0v) is 19.8. The molecule has 0 bridgehead atoms. The van der Waals surface area contributed by atoms with Crippen molar-refractivity contribution < 1.29 is 14.2 Å². The Morgan fingerprint density at radius 1 is 1.06 bits per heavy atom. The summed E-state index contributed by atoms with van der Waals surface area (Å²) in [4.78, 5) is 7.73. The number of rotatable bonds is 8. The van der Waals surface area contributed by atoms with E-state index in [1.54, 1.807) is 13.2 Å². The first kappa shape index (κ1) is 22.4. The van der Waals surface area contributed by atoms with Crippen LogP contribution < -0.4 is 14.2 Å². The summed E-state index contributed by atoms with van der Waals surface area (Å²) >= 11 is 3.44. The van der Waals surface area contributed by atoms with E-state index in [0.717, 1.165) is 32.4 Å². The van der Waals surface area contributed by atoms with Gasteiger partial charge in [-0.15, -0.1) is 0 Å². The molecule has 0 aliphatic rings. The highest BCUT2D eigenvalue weighted by atomic mass is 79.9. The molecule has 0 unspecified atom stereocenters. The second-order valence-corrected chi connectivity index (χ2v) is 8.11. The van der Waals surface area contributed by atoms with Crippen molar-refractivity contribution in [1.29, 1.82) is 5.26 Å². The first-order chi connectivity index (χ1) is 16.1. The molecule has 3 aromatic carbocycles. The van der Waals surface area contributed by atoms with Crippen molar-refractivity contribution in [2.75, 3.05) is 13.7 Å². The van der Waals surface area contributed by atoms with Gasteiger partial charge in [-0.2, -0.15) is 5.26 Å². The highest BCUT2D eigenvalue weighted by Crippen LogP contribution is 2.31. The molecule has 0 fully saturated rings. The molecule has 0 amide bonds. The van der Waals surface area contributed by atoms with Crippen molar-refractivity contribution in [2.45, 2.75) is 13.5 Å². The molecule has 1 aromatic heterocycles. The predicted octanol–water partition coefficient (Wildman–Crippen LogP) is 6.38. The Morgan fingerprint density at radius 3 is 2.61 bits per heavy atom. The molecule has 0 atom stereocenters. The molecule has 0 saturated heterocycles.